The molecule has 0 radical (unpaired) electrons. The summed E-state index contributed by atoms with van der Waals surface area (Å²) in [5.74, 6) is -0.127. The zero-order valence-electron chi connectivity index (χ0n) is 11.6. The highest BCUT2D eigenvalue weighted by atomic mass is 16.5. The summed E-state index contributed by atoms with van der Waals surface area (Å²) < 4.78 is 9.68. The van der Waals surface area contributed by atoms with Gasteiger partial charge in [0.25, 0.3) is 0 Å². The Morgan fingerprint density at radius 1 is 1.26 bits per heavy atom. The van der Waals surface area contributed by atoms with Crippen LogP contribution in [0.1, 0.15) is 19.8 Å². The summed E-state index contributed by atoms with van der Waals surface area (Å²) in [6.45, 7) is 5.83. The van der Waals surface area contributed by atoms with Gasteiger partial charge in [0.05, 0.1) is 14.2 Å². The van der Waals surface area contributed by atoms with E-state index in [0.717, 1.165) is 0 Å². The monoisotopic (exact) mass is 264 g/mol. The maximum atomic E-state index is 12.1. The number of rotatable bonds is 3. The smallest absolute Gasteiger partial charge is 0.323 e. The predicted molar refractivity (Wildman–Crippen MR) is 70.1 cm³/mol. The van der Waals surface area contributed by atoms with Crippen LogP contribution in [-0.2, 0) is 19.1 Å². The summed E-state index contributed by atoms with van der Waals surface area (Å²) in [5.41, 5.74) is 0.139. The summed E-state index contributed by atoms with van der Waals surface area (Å²) >= 11 is 0. The predicted octanol–water partition coefficient (Wildman–Crippen LogP) is 2.11. The van der Waals surface area contributed by atoms with E-state index in [0.29, 0.717) is 18.8 Å². The molecule has 2 aliphatic rings. The Kier molecular flexibility index (Phi) is 3.52. The van der Waals surface area contributed by atoms with Crippen LogP contribution >= 0.6 is 0 Å². The standard InChI is InChI=1S/C15H20O4/c1-5-9-10(6-2)12-8-15(7-11(9)12,13(16)18-3)14(17)19-4/h5-6,9,11-12H,1,7-8H2,2-4H3/b10-6+/t9-,11+,12-/m0/s1. The lowest BCUT2D eigenvalue weighted by Gasteiger charge is -2.42. The fourth-order valence-corrected chi connectivity index (χ4v) is 3.80. The molecule has 2 fully saturated rings. The molecule has 2 aliphatic carbocycles. The number of hydrogen-bond acceptors (Lipinski definition) is 4. The molecular formula is C15H20O4. The quantitative estimate of drug-likeness (QED) is 0.445. The van der Waals surface area contributed by atoms with Crippen LogP contribution in [0.15, 0.2) is 24.3 Å². The number of carbonyl (C=O) groups excluding carboxylic acids is 2. The Morgan fingerprint density at radius 2 is 1.84 bits per heavy atom. The largest absolute Gasteiger partial charge is 0.468 e. The number of methoxy groups -OCH3 is 2. The molecule has 4 heteroatoms. The third kappa shape index (κ3) is 1.73. The van der Waals surface area contributed by atoms with Crippen molar-refractivity contribution in [1.82, 2.24) is 0 Å². The first kappa shape index (κ1) is 13.8. The van der Waals surface area contributed by atoms with Gasteiger partial charge in [-0.05, 0) is 31.6 Å². The Labute approximate surface area is 113 Å². The van der Waals surface area contributed by atoms with Crippen molar-refractivity contribution in [3.63, 3.8) is 0 Å². The lowest BCUT2D eigenvalue weighted by molar-refractivity contribution is -0.168. The Balaban J connectivity index is 2.34. The zero-order chi connectivity index (χ0) is 14.2. The molecule has 3 atom stereocenters. The maximum Gasteiger partial charge on any atom is 0.323 e. The Hall–Kier alpha value is -1.58. The van der Waals surface area contributed by atoms with Gasteiger partial charge in [-0.2, -0.15) is 0 Å². The SMILES string of the molecule is C=C[C@H]1/C(=C\C)[C@@H]2CC(C(=O)OC)(C(=O)OC)C[C@H]12. The number of esters is 2. The molecule has 2 rings (SSSR count). The first-order valence-electron chi connectivity index (χ1n) is 6.51. The van der Waals surface area contributed by atoms with Crippen molar-refractivity contribution in [3.8, 4) is 0 Å². The molecule has 0 saturated heterocycles. The van der Waals surface area contributed by atoms with E-state index in [1.807, 2.05) is 13.0 Å². The van der Waals surface area contributed by atoms with E-state index in [-0.39, 0.29) is 11.8 Å². The molecule has 0 bridgehead atoms. The summed E-state index contributed by atoms with van der Waals surface area (Å²) in [5, 5.41) is 0. The van der Waals surface area contributed by atoms with E-state index >= 15 is 0 Å². The average molecular weight is 264 g/mol. The van der Waals surface area contributed by atoms with Crippen molar-refractivity contribution in [2.75, 3.05) is 14.2 Å². The lowest BCUT2D eigenvalue weighted by atomic mass is 9.62. The van der Waals surface area contributed by atoms with Gasteiger partial charge < -0.3 is 9.47 Å². The highest BCUT2D eigenvalue weighted by Gasteiger charge is 2.63. The van der Waals surface area contributed by atoms with Crippen LogP contribution in [0.5, 0.6) is 0 Å². The van der Waals surface area contributed by atoms with Crippen molar-refractivity contribution in [2.24, 2.45) is 23.2 Å². The van der Waals surface area contributed by atoms with Crippen LogP contribution in [0.2, 0.25) is 0 Å². The van der Waals surface area contributed by atoms with E-state index in [1.165, 1.54) is 19.8 Å². The van der Waals surface area contributed by atoms with Crippen LogP contribution in [0.3, 0.4) is 0 Å². The van der Waals surface area contributed by atoms with Crippen LogP contribution in [0.25, 0.3) is 0 Å². The molecule has 0 heterocycles. The molecule has 0 amide bonds. The van der Waals surface area contributed by atoms with Crippen LogP contribution in [0, 0.1) is 23.2 Å². The minimum atomic E-state index is -1.13. The minimum absolute atomic E-state index is 0.270. The second-order valence-electron chi connectivity index (χ2n) is 5.29. The van der Waals surface area contributed by atoms with Crippen molar-refractivity contribution in [1.29, 1.82) is 0 Å². The van der Waals surface area contributed by atoms with Crippen LogP contribution in [0.4, 0.5) is 0 Å². The Bertz CT molecular complexity index is 433. The van der Waals surface area contributed by atoms with Crippen molar-refractivity contribution in [2.45, 2.75) is 19.8 Å². The molecule has 0 aromatic carbocycles. The highest BCUT2D eigenvalue weighted by molar-refractivity contribution is 6.00. The summed E-state index contributed by atoms with van der Waals surface area (Å²) in [4.78, 5) is 24.2. The lowest BCUT2D eigenvalue weighted by Crippen LogP contribution is -2.39. The molecule has 0 unspecified atom stereocenters. The number of allylic oxidation sites excluding steroid dienone is 3. The third-order valence-corrected chi connectivity index (χ3v) is 4.68. The van der Waals surface area contributed by atoms with Crippen molar-refractivity contribution in [3.05, 3.63) is 24.3 Å². The van der Waals surface area contributed by atoms with Gasteiger partial charge >= 0.3 is 11.9 Å². The molecule has 0 aromatic heterocycles. The average Bonchev–Trinajstić information content (AvgIpc) is 2.76. The van der Waals surface area contributed by atoms with Gasteiger partial charge in [0.1, 0.15) is 0 Å². The van der Waals surface area contributed by atoms with E-state index in [4.69, 9.17) is 9.47 Å². The third-order valence-electron chi connectivity index (χ3n) is 4.68. The van der Waals surface area contributed by atoms with Crippen molar-refractivity contribution >= 4 is 11.9 Å². The molecule has 19 heavy (non-hydrogen) atoms. The van der Waals surface area contributed by atoms with Gasteiger partial charge in [-0.25, -0.2) is 0 Å². The van der Waals surface area contributed by atoms with Gasteiger partial charge in [-0.15, -0.1) is 6.58 Å². The van der Waals surface area contributed by atoms with E-state index in [9.17, 15) is 9.59 Å². The van der Waals surface area contributed by atoms with Gasteiger partial charge in [0.2, 0.25) is 0 Å². The molecule has 0 spiro atoms. The second-order valence-corrected chi connectivity index (χ2v) is 5.29. The number of fused-ring (bicyclic) bond motifs is 1. The molecule has 0 aliphatic heterocycles. The van der Waals surface area contributed by atoms with Gasteiger partial charge in [0.15, 0.2) is 5.41 Å². The summed E-state index contributed by atoms with van der Waals surface area (Å²) in [6.07, 6.45) is 4.95. The fraction of sp³-hybridized carbons (Fsp3) is 0.600. The summed E-state index contributed by atoms with van der Waals surface area (Å²) in [6, 6.07) is 0. The van der Waals surface area contributed by atoms with Crippen LogP contribution in [-0.4, -0.2) is 26.2 Å². The molecule has 0 aromatic rings. The first-order chi connectivity index (χ1) is 9.05. The Morgan fingerprint density at radius 3 is 2.26 bits per heavy atom. The second kappa shape index (κ2) is 4.83. The zero-order valence-corrected chi connectivity index (χ0v) is 11.6. The molecule has 4 nitrogen and oxygen atoms in total. The molecule has 0 N–H and O–H groups in total. The summed E-state index contributed by atoms with van der Waals surface area (Å²) in [7, 11) is 2.63. The highest BCUT2D eigenvalue weighted by Crippen LogP contribution is 2.62. The number of carbonyl (C=O) groups is 2. The van der Waals surface area contributed by atoms with Gasteiger partial charge in [-0.3, -0.25) is 9.59 Å². The minimum Gasteiger partial charge on any atom is -0.468 e. The molecule has 104 valence electrons. The van der Waals surface area contributed by atoms with E-state index in [2.05, 4.69) is 12.7 Å². The van der Waals surface area contributed by atoms with Gasteiger partial charge in [-0.1, -0.05) is 17.7 Å². The van der Waals surface area contributed by atoms with Crippen LogP contribution < -0.4 is 0 Å². The van der Waals surface area contributed by atoms with Crippen molar-refractivity contribution < 1.29 is 19.1 Å². The molecular weight excluding hydrogens is 244 g/mol. The number of hydrogen-bond donors (Lipinski definition) is 0. The normalized spacial score (nSPS) is 33.2. The van der Waals surface area contributed by atoms with E-state index in [1.54, 1.807) is 0 Å². The fourth-order valence-electron chi connectivity index (χ4n) is 3.80. The topological polar surface area (TPSA) is 52.6 Å². The first-order valence-corrected chi connectivity index (χ1v) is 6.51. The maximum absolute atomic E-state index is 12.1. The van der Waals surface area contributed by atoms with E-state index < -0.39 is 17.4 Å². The molecule has 2 saturated carbocycles. The van der Waals surface area contributed by atoms with Gasteiger partial charge in [0, 0.05) is 5.92 Å². The number of ether oxygens (including phenoxy) is 2.